The number of hydrogen-bond donors (Lipinski definition) is 0. The lowest BCUT2D eigenvalue weighted by atomic mass is 10.0. The molecule has 3 rings (SSSR count). The Kier molecular flexibility index (Phi) is 7.90. The van der Waals surface area contributed by atoms with E-state index < -0.39 is 0 Å². The standard InChI is InChI=1S/C24H34N4O4/c1-17(2)18(3)28(14-20-7-6-8-21(13-20)31-5)15-23-25-22(16-32-23)24(30)27-11-9-26(10-12-27)19(4)29/h6-8,13,16-18H,9-12,14-15H2,1-5H3. The monoisotopic (exact) mass is 442 g/mol. The van der Waals surface area contributed by atoms with E-state index in [9.17, 15) is 9.59 Å². The van der Waals surface area contributed by atoms with Crippen molar-refractivity contribution in [2.45, 2.75) is 46.8 Å². The van der Waals surface area contributed by atoms with Crippen LogP contribution in [-0.4, -0.2) is 70.8 Å². The normalized spacial score (nSPS) is 15.3. The van der Waals surface area contributed by atoms with Crippen LogP contribution in [0.1, 0.15) is 49.6 Å². The van der Waals surface area contributed by atoms with Gasteiger partial charge in [-0.15, -0.1) is 0 Å². The van der Waals surface area contributed by atoms with Gasteiger partial charge in [0.2, 0.25) is 11.8 Å². The molecular formula is C24H34N4O4. The first-order valence-corrected chi connectivity index (χ1v) is 11.1. The highest BCUT2D eigenvalue weighted by molar-refractivity contribution is 5.92. The average molecular weight is 443 g/mol. The van der Waals surface area contributed by atoms with Gasteiger partial charge in [0, 0.05) is 45.7 Å². The third-order valence-electron chi connectivity index (χ3n) is 6.18. The lowest BCUT2D eigenvalue weighted by Crippen LogP contribution is -2.50. The van der Waals surface area contributed by atoms with Crippen LogP contribution in [0.15, 0.2) is 34.9 Å². The molecule has 8 heteroatoms. The number of rotatable bonds is 8. The van der Waals surface area contributed by atoms with Crippen LogP contribution in [0.2, 0.25) is 0 Å². The summed E-state index contributed by atoms with van der Waals surface area (Å²) in [7, 11) is 1.67. The summed E-state index contributed by atoms with van der Waals surface area (Å²) in [5.74, 6) is 1.67. The summed E-state index contributed by atoms with van der Waals surface area (Å²) in [4.78, 5) is 34.6. The van der Waals surface area contributed by atoms with Gasteiger partial charge in [-0.3, -0.25) is 14.5 Å². The van der Waals surface area contributed by atoms with Crippen LogP contribution in [0.5, 0.6) is 5.75 Å². The maximum absolute atomic E-state index is 12.9. The van der Waals surface area contributed by atoms with E-state index in [0.29, 0.717) is 50.2 Å². The van der Waals surface area contributed by atoms with E-state index in [-0.39, 0.29) is 17.9 Å². The first kappa shape index (κ1) is 23.8. The number of piperazine rings is 1. The summed E-state index contributed by atoms with van der Waals surface area (Å²) < 4.78 is 11.0. The molecule has 1 aliphatic heterocycles. The summed E-state index contributed by atoms with van der Waals surface area (Å²) in [5, 5.41) is 0. The third kappa shape index (κ3) is 5.88. The maximum Gasteiger partial charge on any atom is 0.275 e. The molecule has 1 aromatic heterocycles. The van der Waals surface area contributed by atoms with Crippen molar-refractivity contribution in [2.75, 3.05) is 33.3 Å². The molecule has 0 radical (unpaired) electrons. The molecule has 1 aromatic carbocycles. The zero-order valence-corrected chi connectivity index (χ0v) is 19.7. The van der Waals surface area contributed by atoms with Gasteiger partial charge >= 0.3 is 0 Å². The molecule has 0 saturated carbocycles. The van der Waals surface area contributed by atoms with Crippen LogP contribution in [0, 0.1) is 5.92 Å². The van der Waals surface area contributed by atoms with Gasteiger partial charge in [0.1, 0.15) is 12.0 Å². The van der Waals surface area contributed by atoms with Crippen molar-refractivity contribution in [2.24, 2.45) is 5.92 Å². The number of carbonyl (C=O) groups is 2. The van der Waals surface area contributed by atoms with Crippen LogP contribution in [-0.2, 0) is 17.9 Å². The fraction of sp³-hybridized carbons (Fsp3) is 0.542. The van der Waals surface area contributed by atoms with Crippen LogP contribution < -0.4 is 4.74 Å². The highest BCUT2D eigenvalue weighted by Crippen LogP contribution is 2.21. The summed E-state index contributed by atoms with van der Waals surface area (Å²) in [6, 6.07) is 8.31. The van der Waals surface area contributed by atoms with Crippen LogP contribution in [0.25, 0.3) is 0 Å². The Bertz CT molecular complexity index is 918. The Labute approximate surface area is 190 Å². The number of nitrogens with zero attached hydrogens (tertiary/aromatic N) is 4. The average Bonchev–Trinajstić information content (AvgIpc) is 3.26. The molecule has 2 heterocycles. The number of benzene rings is 1. The SMILES string of the molecule is COc1cccc(CN(Cc2nc(C(=O)N3CCN(C(C)=O)CC3)co2)C(C)C(C)C)c1. The molecule has 2 aromatic rings. The summed E-state index contributed by atoms with van der Waals surface area (Å²) >= 11 is 0. The first-order chi connectivity index (χ1) is 15.3. The Morgan fingerprint density at radius 3 is 2.44 bits per heavy atom. The number of ether oxygens (including phenoxy) is 1. The second-order valence-corrected chi connectivity index (χ2v) is 8.67. The molecule has 32 heavy (non-hydrogen) atoms. The predicted octanol–water partition coefficient (Wildman–Crippen LogP) is 3.03. The molecule has 2 amide bonds. The zero-order valence-electron chi connectivity index (χ0n) is 19.7. The van der Waals surface area contributed by atoms with Crippen LogP contribution in [0.4, 0.5) is 0 Å². The highest BCUT2D eigenvalue weighted by atomic mass is 16.5. The Morgan fingerprint density at radius 1 is 1.12 bits per heavy atom. The van der Waals surface area contributed by atoms with Gasteiger partial charge in [-0.2, -0.15) is 0 Å². The van der Waals surface area contributed by atoms with Gasteiger partial charge in [-0.25, -0.2) is 4.98 Å². The molecule has 1 aliphatic rings. The molecule has 1 atom stereocenters. The molecule has 0 N–H and O–H groups in total. The lowest BCUT2D eigenvalue weighted by Gasteiger charge is -2.33. The Morgan fingerprint density at radius 2 is 1.81 bits per heavy atom. The van der Waals surface area contributed by atoms with E-state index in [2.05, 4.69) is 36.7 Å². The number of carbonyl (C=O) groups excluding carboxylic acids is 2. The van der Waals surface area contributed by atoms with E-state index in [1.54, 1.807) is 23.8 Å². The number of oxazole rings is 1. The topological polar surface area (TPSA) is 79.1 Å². The smallest absolute Gasteiger partial charge is 0.275 e. The molecule has 0 aliphatic carbocycles. The number of methoxy groups -OCH3 is 1. The predicted molar refractivity (Wildman–Crippen MR) is 121 cm³/mol. The van der Waals surface area contributed by atoms with Crippen LogP contribution >= 0.6 is 0 Å². The maximum atomic E-state index is 12.9. The molecule has 1 fully saturated rings. The molecule has 174 valence electrons. The second kappa shape index (κ2) is 10.6. The zero-order chi connectivity index (χ0) is 23.3. The van der Waals surface area contributed by atoms with Crippen LogP contribution in [0.3, 0.4) is 0 Å². The van der Waals surface area contributed by atoms with E-state index in [1.165, 1.54) is 6.26 Å². The third-order valence-corrected chi connectivity index (χ3v) is 6.18. The summed E-state index contributed by atoms with van der Waals surface area (Å²) in [5.41, 5.74) is 1.46. The number of hydrogen-bond acceptors (Lipinski definition) is 6. The van der Waals surface area contributed by atoms with E-state index in [4.69, 9.17) is 9.15 Å². The van der Waals surface area contributed by atoms with Gasteiger partial charge < -0.3 is 19.0 Å². The Hall–Kier alpha value is -2.87. The number of aromatic nitrogens is 1. The largest absolute Gasteiger partial charge is 0.497 e. The second-order valence-electron chi connectivity index (χ2n) is 8.67. The molecular weight excluding hydrogens is 408 g/mol. The van der Waals surface area contributed by atoms with Crippen molar-refractivity contribution in [1.82, 2.24) is 19.7 Å². The molecule has 0 spiro atoms. The minimum Gasteiger partial charge on any atom is -0.497 e. The summed E-state index contributed by atoms with van der Waals surface area (Å²) in [6.07, 6.45) is 1.44. The van der Waals surface area contributed by atoms with Gasteiger partial charge in [-0.1, -0.05) is 26.0 Å². The minimum absolute atomic E-state index is 0.0382. The first-order valence-electron chi connectivity index (χ1n) is 11.1. The molecule has 8 nitrogen and oxygen atoms in total. The minimum atomic E-state index is -0.153. The van der Waals surface area contributed by atoms with Crippen molar-refractivity contribution in [3.8, 4) is 5.75 Å². The fourth-order valence-electron chi connectivity index (χ4n) is 3.81. The highest BCUT2D eigenvalue weighted by Gasteiger charge is 2.26. The van der Waals surface area contributed by atoms with E-state index in [0.717, 1.165) is 17.9 Å². The van der Waals surface area contributed by atoms with Gasteiger partial charge in [0.15, 0.2) is 5.69 Å². The van der Waals surface area contributed by atoms with Crippen molar-refractivity contribution in [3.05, 3.63) is 47.7 Å². The van der Waals surface area contributed by atoms with E-state index >= 15 is 0 Å². The van der Waals surface area contributed by atoms with Gasteiger partial charge in [0.05, 0.1) is 13.7 Å². The molecule has 0 bridgehead atoms. The van der Waals surface area contributed by atoms with Crippen molar-refractivity contribution >= 4 is 11.8 Å². The fourth-order valence-corrected chi connectivity index (χ4v) is 3.81. The van der Waals surface area contributed by atoms with Gasteiger partial charge in [-0.05, 0) is 30.5 Å². The van der Waals surface area contributed by atoms with E-state index in [1.807, 2.05) is 18.2 Å². The number of amides is 2. The van der Waals surface area contributed by atoms with Crippen molar-refractivity contribution in [1.29, 1.82) is 0 Å². The summed E-state index contributed by atoms with van der Waals surface area (Å²) in [6.45, 7) is 11.4. The quantitative estimate of drug-likeness (QED) is 0.625. The van der Waals surface area contributed by atoms with Gasteiger partial charge in [0.25, 0.3) is 5.91 Å². The molecule has 1 unspecified atom stereocenters. The lowest BCUT2D eigenvalue weighted by molar-refractivity contribution is -0.130. The molecule has 1 saturated heterocycles. The van der Waals surface area contributed by atoms with Crippen molar-refractivity contribution in [3.63, 3.8) is 0 Å². The Balaban J connectivity index is 1.68. The van der Waals surface area contributed by atoms with Crippen molar-refractivity contribution < 1.29 is 18.7 Å².